The van der Waals surface area contributed by atoms with Crippen LogP contribution in [0.15, 0.2) is 24.3 Å². The van der Waals surface area contributed by atoms with Crippen LogP contribution in [0.5, 0.6) is 0 Å². The van der Waals surface area contributed by atoms with Crippen LogP contribution in [0.3, 0.4) is 0 Å². The van der Waals surface area contributed by atoms with Crippen LogP contribution in [0, 0.1) is 34.0 Å². The van der Waals surface area contributed by atoms with Gasteiger partial charge in [0.2, 0.25) is 0 Å². The summed E-state index contributed by atoms with van der Waals surface area (Å²) < 4.78 is 5.71. The highest BCUT2D eigenvalue weighted by Gasteiger charge is 2.64. The molecule has 3 saturated carbocycles. The molecule has 0 amide bonds. The molecule has 27 heavy (non-hydrogen) atoms. The van der Waals surface area contributed by atoms with Gasteiger partial charge in [0, 0.05) is 12.5 Å². The molecule has 3 fully saturated rings. The highest BCUT2D eigenvalue weighted by atomic mass is 16.5. The number of aliphatic hydroxyl groups excluding tert-OH is 1. The second-order valence-electron chi connectivity index (χ2n) is 10.7. The molecule has 0 bridgehead atoms. The molecule has 1 N–H and O–H groups in total. The van der Waals surface area contributed by atoms with E-state index in [0.29, 0.717) is 11.5 Å². The second-order valence-corrected chi connectivity index (χ2v) is 10.7. The number of methoxy groups -OCH3 is 1. The molecule has 2 nitrogen and oxygen atoms in total. The molecule has 4 aliphatic rings. The Morgan fingerprint density at radius 1 is 1.22 bits per heavy atom. The number of hydrogen-bond acceptors (Lipinski definition) is 2. The maximum atomic E-state index is 10.9. The molecule has 0 spiro atoms. The largest absolute Gasteiger partial charge is 0.393 e. The molecule has 0 aromatic rings. The zero-order valence-corrected chi connectivity index (χ0v) is 18.0. The first-order chi connectivity index (χ1) is 12.8. The van der Waals surface area contributed by atoms with Gasteiger partial charge in [-0.15, -0.1) is 6.58 Å². The van der Waals surface area contributed by atoms with Crippen LogP contribution < -0.4 is 0 Å². The predicted molar refractivity (Wildman–Crippen MR) is 111 cm³/mol. The third-order valence-corrected chi connectivity index (χ3v) is 10.1. The molecular weight excluding hydrogens is 332 g/mol. The van der Waals surface area contributed by atoms with Crippen molar-refractivity contribution in [3.8, 4) is 0 Å². The molecule has 2 heteroatoms. The Morgan fingerprint density at radius 2 is 1.96 bits per heavy atom. The summed E-state index contributed by atoms with van der Waals surface area (Å²) in [6.07, 6.45) is 15.8. The van der Waals surface area contributed by atoms with Crippen molar-refractivity contribution in [2.75, 3.05) is 7.11 Å². The molecule has 8 atom stereocenters. The van der Waals surface area contributed by atoms with Crippen LogP contribution in [0.1, 0.15) is 78.6 Å². The molecule has 152 valence electrons. The van der Waals surface area contributed by atoms with E-state index in [-0.39, 0.29) is 16.9 Å². The van der Waals surface area contributed by atoms with Crippen molar-refractivity contribution >= 4 is 0 Å². The number of ether oxygens (including phenoxy) is 1. The minimum absolute atomic E-state index is 0.0307. The SMILES string of the molecule is C=CC[C@]1([C@H](C)O)CCC2C3CC=C4CC(OC)CCC4(C)C3CCC21C. The Labute approximate surface area is 166 Å². The van der Waals surface area contributed by atoms with E-state index in [1.807, 2.05) is 14.0 Å². The molecule has 0 aromatic heterocycles. The van der Waals surface area contributed by atoms with Gasteiger partial charge in [0.1, 0.15) is 0 Å². The molecule has 0 aliphatic heterocycles. The predicted octanol–water partition coefficient (Wildman–Crippen LogP) is 5.91. The highest BCUT2D eigenvalue weighted by molar-refractivity contribution is 5.26. The summed E-state index contributed by atoms with van der Waals surface area (Å²) in [7, 11) is 1.87. The Morgan fingerprint density at radius 3 is 2.63 bits per heavy atom. The average molecular weight is 373 g/mol. The molecular formula is C25H40O2. The first-order valence-electron chi connectivity index (χ1n) is 11.3. The Balaban J connectivity index is 1.66. The fourth-order valence-corrected chi connectivity index (χ4v) is 8.45. The van der Waals surface area contributed by atoms with Gasteiger partial charge in [0.25, 0.3) is 0 Å². The minimum Gasteiger partial charge on any atom is -0.393 e. The van der Waals surface area contributed by atoms with Crippen LogP contribution in [0.4, 0.5) is 0 Å². The molecule has 0 heterocycles. The second kappa shape index (κ2) is 6.73. The molecule has 4 aliphatic carbocycles. The van der Waals surface area contributed by atoms with Crippen LogP contribution in [-0.2, 0) is 4.74 Å². The maximum absolute atomic E-state index is 10.9. The lowest BCUT2D eigenvalue weighted by molar-refractivity contribution is -0.115. The Bertz CT molecular complexity index is 622. The average Bonchev–Trinajstić information content (AvgIpc) is 2.95. The van der Waals surface area contributed by atoms with E-state index in [0.717, 1.165) is 30.6 Å². The van der Waals surface area contributed by atoms with Gasteiger partial charge in [-0.2, -0.15) is 0 Å². The standard InChI is InChI=1S/C25H40O2/c1-6-12-25(17(2)26)15-11-22-20-8-7-18-16-19(27-5)9-13-23(18,3)21(20)10-14-24(22,25)4/h6-7,17,19-22,26H,1,8-16H2,2-5H3/t17-,19?,20?,21?,22?,23?,24?,25+/m0/s1. The molecule has 4 rings (SSSR count). The number of fused-ring (bicyclic) bond motifs is 5. The van der Waals surface area contributed by atoms with Crippen molar-refractivity contribution in [1.29, 1.82) is 0 Å². The van der Waals surface area contributed by atoms with Gasteiger partial charge < -0.3 is 9.84 Å². The smallest absolute Gasteiger partial charge is 0.0608 e. The van der Waals surface area contributed by atoms with Crippen LogP contribution in [0.25, 0.3) is 0 Å². The van der Waals surface area contributed by atoms with E-state index in [1.165, 1.54) is 44.9 Å². The highest BCUT2D eigenvalue weighted by Crippen LogP contribution is 2.71. The number of rotatable bonds is 4. The van der Waals surface area contributed by atoms with E-state index < -0.39 is 0 Å². The summed E-state index contributed by atoms with van der Waals surface area (Å²) in [5.41, 5.74) is 2.36. The lowest BCUT2D eigenvalue weighted by Gasteiger charge is -2.60. The summed E-state index contributed by atoms with van der Waals surface area (Å²) in [4.78, 5) is 0. The van der Waals surface area contributed by atoms with E-state index in [1.54, 1.807) is 5.57 Å². The fraction of sp³-hybridized carbons (Fsp3) is 0.840. The van der Waals surface area contributed by atoms with Gasteiger partial charge in [0.15, 0.2) is 0 Å². The third-order valence-electron chi connectivity index (χ3n) is 10.1. The van der Waals surface area contributed by atoms with E-state index >= 15 is 0 Å². The normalized spacial score (nSPS) is 50.2. The summed E-state index contributed by atoms with van der Waals surface area (Å²) in [5, 5.41) is 10.9. The quantitative estimate of drug-likeness (QED) is 0.622. The van der Waals surface area contributed by atoms with E-state index in [4.69, 9.17) is 4.74 Å². The minimum atomic E-state index is -0.246. The summed E-state index contributed by atoms with van der Waals surface area (Å²) in [6.45, 7) is 11.2. The van der Waals surface area contributed by atoms with Crippen molar-refractivity contribution in [2.24, 2.45) is 34.0 Å². The van der Waals surface area contributed by atoms with E-state index in [2.05, 4.69) is 32.6 Å². The lowest BCUT2D eigenvalue weighted by atomic mass is 9.45. The zero-order valence-electron chi connectivity index (χ0n) is 18.0. The van der Waals surface area contributed by atoms with Gasteiger partial charge in [-0.05, 0) is 93.3 Å². The first kappa shape index (κ1) is 19.7. The Hall–Kier alpha value is -0.600. The van der Waals surface area contributed by atoms with Gasteiger partial charge in [0.05, 0.1) is 12.2 Å². The van der Waals surface area contributed by atoms with Crippen molar-refractivity contribution in [1.82, 2.24) is 0 Å². The van der Waals surface area contributed by atoms with E-state index in [9.17, 15) is 5.11 Å². The maximum Gasteiger partial charge on any atom is 0.0608 e. The van der Waals surface area contributed by atoms with Gasteiger partial charge in [-0.3, -0.25) is 0 Å². The third kappa shape index (κ3) is 2.58. The summed E-state index contributed by atoms with van der Waals surface area (Å²) in [6, 6.07) is 0. The van der Waals surface area contributed by atoms with Crippen molar-refractivity contribution < 1.29 is 9.84 Å². The Kier molecular flexibility index (Phi) is 4.91. The molecule has 0 aromatic carbocycles. The summed E-state index contributed by atoms with van der Waals surface area (Å²) in [5.74, 6) is 2.37. The molecule has 0 radical (unpaired) electrons. The van der Waals surface area contributed by atoms with Gasteiger partial charge in [-0.1, -0.05) is 31.6 Å². The zero-order chi connectivity index (χ0) is 19.4. The van der Waals surface area contributed by atoms with Gasteiger partial charge >= 0.3 is 0 Å². The summed E-state index contributed by atoms with van der Waals surface area (Å²) >= 11 is 0. The molecule has 0 saturated heterocycles. The molecule has 6 unspecified atom stereocenters. The van der Waals surface area contributed by atoms with Gasteiger partial charge in [-0.25, -0.2) is 0 Å². The van der Waals surface area contributed by atoms with Crippen LogP contribution in [0.2, 0.25) is 0 Å². The number of hydrogen-bond donors (Lipinski definition) is 1. The van der Waals surface area contributed by atoms with Crippen molar-refractivity contribution in [3.63, 3.8) is 0 Å². The number of aliphatic hydroxyl groups is 1. The first-order valence-corrected chi connectivity index (χ1v) is 11.3. The van der Waals surface area contributed by atoms with Crippen LogP contribution in [-0.4, -0.2) is 24.4 Å². The monoisotopic (exact) mass is 372 g/mol. The lowest BCUT2D eigenvalue weighted by Crippen LogP contribution is -2.54. The fourth-order valence-electron chi connectivity index (χ4n) is 8.45. The number of allylic oxidation sites excluding steroid dienone is 2. The topological polar surface area (TPSA) is 29.5 Å². The van der Waals surface area contributed by atoms with Crippen molar-refractivity contribution in [3.05, 3.63) is 24.3 Å². The van der Waals surface area contributed by atoms with Crippen LogP contribution >= 0.6 is 0 Å². The van der Waals surface area contributed by atoms with Crippen molar-refractivity contribution in [2.45, 2.75) is 90.8 Å².